The largest absolute Gasteiger partial charge is 0.484 e. The fraction of sp³-hybridized carbons (Fsp3) is 0.148. The number of ether oxygens (including phenoxy) is 1. The molecule has 0 radical (unpaired) electrons. The maximum atomic E-state index is 12.8. The zero-order valence-electron chi connectivity index (χ0n) is 19.2. The minimum Gasteiger partial charge on any atom is -0.484 e. The lowest BCUT2D eigenvalue weighted by molar-refractivity contribution is -0.123. The highest BCUT2D eigenvalue weighted by molar-refractivity contribution is 8.18. The van der Waals surface area contributed by atoms with Crippen molar-refractivity contribution in [1.29, 1.82) is 0 Å². The van der Waals surface area contributed by atoms with Crippen LogP contribution in [0.25, 0.3) is 6.08 Å². The van der Waals surface area contributed by atoms with Crippen LogP contribution in [0.2, 0.25) is 5.02 Å². The Morgan fingerprint density at radius 3 is 2.51 bits per heavy atom. The molecule has 1 heterocycles. The van der Waals surface area contributed by atoms with Gasteiger partial charge in [-0.25, -0.2) is 0 Å². The first-order valence-electron chi connectivity index (χ1n) is 10.9. The second-order valence-electron chi connectivity index (χ2n) is 8.01. The van der Waals surface area contributed by atoms with Crippen LogP contribution in [0.3, 0.4) is 0 Å². The van der Waals surface area contributed by atoms with Crippen molar-refractivity contribution in [3.05, 3.63) is 98.9 Å². The highest BCUT2D eigenvalue weighted by Gasteiger charge is 2.35. The number of halogens is 1. The Labute approximate surface area is 212 Å². The lowest BCUT2D eigenvalue weighted by Crippen LogP contribution is -2.27. The number of rotatable bonds is 7. The van der Waals surface area contributed by atoms with Gasteiger partial charge < -0.3 is 10.1 Å². The van der Waals surface area contributed by atoms with Crippen LogP contribution >= 0.6 is 23.4 Å². The van der Waals surface area contributed by atoms with Gasteiger partial charge in [0.05, 0.1) is 11.4 Å². The second-order valence-corrected chi connectivity index (χ2v) is 9.41. The van der Waals surface area contributed by atoms with Crippen molar-refractivity contribution >= 4 is 52.2 Å². The van der Waals surface area contributed by atoms with Gasteiger partial charge in [-0.05, 0) is 78.2 Å². The summed E-state index contributed by atoms with van der Waals surface area (Å²) in [6, 6.07) is 19.8. The first kappa shape index (κ1) is 24.6. The van der Waals surface area contributed by atoms with Gasteiger partial charge in [-0.2, -0.15) is 0 Å². The fourth-order valence-corrected chi connectivity index (χ4v) is 4.50. The molecule has 3 amide bonds. The Morgan fingerprint density at radius 2 is 1.77 bits per heavy atom. The predicted octanol–water partition coefficient (Wildman–Crippen LogP) is 6.21. The lowest BCUT2D eigenvalue weighted by Gasteiger charge is -2.13. The third-order valence-electron chi connectivity index (χ3n) is 5.59. The van der Waals surface area contributed by atoms with Gasteiger partial charge in [-0.3, -0.25) is 19.3 Å². The Morgan fingerprint density at radius 1 is 1.03 bits per heavy atom. The predicted molar refractivity (Wildman–Crippen MR) is 139 cm³/mol. The van der Waals surface area contributed by atoms with Crippen molar-refractivity contribution in [1.82, 2.24) is 4.90 Å². The Bertz CT molecular complexity index is 1320. The zero-order valence-corrected chi connectivity index (χ0v) is 20.8. The third kappa shape index (κ3) is 5.93. The number of amides is 3. The van der Waals surface area contributed by atoms with Crippen molar-refractivity contribution < 1.29 is 19.1 Å². The van der Waals surface area contributed by atoms with E-state index in [0.29, 0.717) is 21.2 Å². The van der Waals surface area contributed by atoms with Crippen molar-refractivity contribution in [3.63, 3.8) is 0 Å². The van der Waals surface area contributed by atoms with E-state index in [1.54, 1.807) is 48.5 Å². The minimum absolute atomic E-state index is 0.124. The summed E-state index contributed by atoms with van der Waals surface area (Å²) in [5.41, 5.74) is 4.32. The van der Waals surface area contributed by atoms with Crippen molar-refractivity contribution in [3.8, 4) is 5.75 Å². The van der Waals surface area contributed by atoms with E-state index in [1.807, 2.05) is 38.1 Å². The van der Waals surface area contributed by atoms with Gasteiger partial charge >= 0.3 is 0 Å². The summed E-state index contributed by atoms with van der Waals surface area (Å²) in [6.07, 6.45) is 1.66. The first-order valence-corrected chi connectivity index (χ1v) is 12.1. The molecule has 1 aliphatic rings. The maximum absolute atomic E-state index is 12.8. The molecule has 4 rings (SSSR count). The quantitative estimate of drug-likeness (QED) is 0.385. The second kappa shape index (κ2) is 10.8. The Kier molecular flexibility index (Phi) is 7.58. The van der Waals surface area contributed by atoms with Crippen LogP contribution in [-0.2, 0) is 16.1 Å². The van der Waals surface area contributed by atoms with Gasteiger partial charge in [0.15, 0.2) is 6.61 Å². The molecule has 0 saturated carbocycles. The van der Waals surface area contributed by atoms with Gasteiger partial charge in [0.1, 0.15) is 5.75 Å². The van der Waals surface area contributed by atoms with E-state index in [9.17, 15) is 14.4 Å². The topological polar surface area (TPSA) is 75.7 Å². The van der Waals surface area contributed by atoms with Crippen LogP contribution in [0.4, 0.5) is 10.5 Å². The van der Waals surface area contributed by atoms with Crippen molar-refractivity contribution in [2.45, 2.75) is 20.4 Å². The summed E-state index contributed by atoms with van der Waals surface area (Å²) >= 11 is 7.06. The summed E-state index contributed by atoms with van der Waals surface area (Å²) in [5, 5.41) is 3.03. The molecular formula is C27H23ClN2O4S. The van der Waals surface area contributed by atoms with Gasteiger partial charge in [-0.1, -0.05) is 54.1 Å². The van der Waals surface area contributed by atoms with Gasteiger partial charge in [0.2, 0.25) is 0 Å². The number of carbonyl (C=O) groups is 3. The molecule has 0 spiro atoms. The molecule has 3 aromatic rings. The standard InChI is InChI=1S/C27H23ClN2O4S/c1-17-6-5-9-23(18(17)2)29-25(31)16-34-21-12-10-19(11-13-21)14-24-26(32)30(27(33)35-24)15-20-7-3-4-8-22(20)28/h3-14H,15-16H2,1-2H3,(H,29,31)/b24-14-. The number of nitrogens with one attached hydrogen (secondary N) is 1. The van der Waals surface area contributed by atoms with Gasteiger partial charge in [0.25, 0.3) is 17.1 Å². The average molecular weight is 507 g/mol. The number of thioether (sulfide) groups is 1. The summed E-state index contributed by atoms with van der Waals surface area (Å²) < 4.78 is 5.59. The van der Waals surface area contributed by atoms with Gasteiger partial charge in [0, 0.05) is 10.7 Å². The molecule has 1 saturated heterocycles. The van der Waals surface area contributed by atoms with Crippen molar-refractivity contribution in [2.75, 3.05) is 11.9 Å². The number of carbonyl (C=O) groups excluding carboxylic acids is 3. The highest BCUT2D eigenvalue weighted by Crippen LogP contribution is 2.34. The zero-order chi connectivity index (χ0) is 24.9. The normalized spacial score (nSPS) is 14.5. The van der Waals surface area contributed by atoms with E-state index in [2.05, 4.69) is 5.32 Å². The van der Waals surface area contributed by atoms with Crippen LogP contribution in [0, 0.1) is 13.8 Å². The summed E-state index contributed by atoms with van der Waals surface area (Å²) in [5.74, 6) is -0.0941. The number of hydrogen-bond acceptors (Lipinski definition) is 5. The highest BCUT2D eigenvalue weighted by atomic mass is 35.5. The molecule has 0 atom stereocenters. The Hall–Kier alpha value is -3.55. The molecule has 6 nitrogen and oxygen atoms in total. The van der Waals surface area contributed by atoms with Crippen LogP contribution in [0.15, 0.2) is 71.6 Å². The molecule has 0 bridgehead atoms. The van der Waals surface area contributed by atoms with Crippen LogP contribution in [0.5, 0.6) is 5.75 Å². The van der Waals surface area contributed by atoms with Crippen LogP contribution < -0.4 is 10.1 Å². The van der Waals surface area contributed by atoms with Crippen molar-refractivity contribution in [2.24, 2.45) is 0 Å². The minimum atomic E-state index is -0.358. The Balaban J connectivity index is 1.35. The van der Waals surface area contributed by atoms with E-state index in [0.717, 1.165) is 34.1 Å². The van der Waals surface area contributed by atoms with E-state index in [4.69, 9.17) is 16.3 Å². The molecule has 0 aromatic heterocycles. The maximum Gasteiger partial charge on any atom is 0.293 e. The van der Waals surface area contributed by atoms with Crippen LogP contribution in [-0.4, -0.2) is 28.6 Å². The summed E-state index contributed by atoms with van der Waals surface area (Å²) in [6.45, 7) is 3.94. The number of imide groups is 1. The third-order valence-corrected chi connectivity index (χ3v) is 6.86. The first-order chi connectivity index (χ1) is 16.8. The summed E-state index contributed by atoms with van der Waals surface area (Å²) in [4.78, 5) is 39.0. The molecule has 8 heteroatoms. The number of benzene rings is 3. The molecular weight excluding hydrogens is 484 g/mol. The lowest BCUT2D eigenvalue weighted by atomic mass is 10.1. The number of aryl methyl sites for hydroxylation is 1. The number of hydrogen-bond donors (Lipinski definition) is 1. The van der Waals surface area contributed by atoms with Gasteiger partial charge in [-0.15, -0.1) is 0 Å². The fourth-order valence-electron chi connectivity index (χ4n) is 3.47. The van der Waals surface area contributed by atoms with Crippen LogP contribution in [0.1, 0.15) is 22.3 Å². The summed E-state index contributed by atoms with van der Waals surface area (Å²) in [7, 11) is 0. The monoisotopic (exact) mass is 506 g/mol. The molecule has 178 valence electrons. The molecule has 0 unspecified atom stereocenters. The van der Waals surface area contributed by atoms with E-state index in [1.165, 1.54) is 4.90 Å². The number of nitrogens with zero attached hydrogens (tertiary/aromatic N) is 1. The van der Waals surface area contributed by atoms with E-state index < -0.39 is 0 Å². The SMILES string of the molecule is Cc1cccc(NC(=O)COc2ccc(/C=C3\SC(=O)N(Cc4ccccc4Cl)C3=O)cc2)c1C. The van der Waals surface area contributed by atoms with E-state index >= 15 is 0 Å². The molecule has 1 fully saturated rings. The molecule has 35 heavy (non-hydrogen) atoms. The molecule has 1 N–H and O–H groups in total. The molecule has 0 aliphatic carbocycles. The average Bonchev–Trinajstić information content (AvgIpc) is 3.10. The number of anilines is 1. The smallest absolute Gasteiger partial charge is 0.293 e. The molecule has 3 aromatic carbocycles. The molecule has 1 aliphatic heterocycles. The van der Waals surface area contributed by atoms with E-state index in [-0.39, 0.29) is 30.2 Å².